The van der Waals surface area contributed by atoms with E-state index in [2.05, 4.69) is 48.5 Å². The van der Waals surface area contributed by atoms with Crippen LogP contribution < -0.4 is 10.6 Å². The highest BCUT2D eigenvalue weighted by Gasteiger charge is 2.29. The molecule has 1 aliphatic rings. The summed E-state index contributed by atoms with van der Waals surface area (Å²) in [5.74, 6) is 0.990. The highest BCUT2D eigenvalue weighted by atomic mass is 16.2. The van der Waals surface area contributed by atoms with Crippen LogP contribution in [0.3, 0.4) is 0 Å². The molecule has 1 aromatic rings. The second kappa shape index (κ2) is 4.72. The van der Waals surface area contributed by atoms with Crippen molar-refractivity contribution in [3.8, 4) is 0 Å². The lowest BCUT2D eigenvalue weighted by Gasteiger charge is -2.15. The highest BCUT2D eigenvalue weighted by Crippen LogP contribution is 2.22. The Morgan fingerprint density at radius 3 is 2.72 bits per heavy atom. The fourth-order valence-electron chi connectivity index (χ4n) is 2.16. The molecule has 2 atom stereocenters. The first-order chi connectivity index (χ1) is 8.38. The first-order valence-corrected chi connectivity index (χ1v) is 6.48. The van der Waals surface area contributed by atoms with E-state index in [0.29, 0.717) is 11.7 Å². The number of H-pyrrole nitrogens is 1. The van der Waals surface area contributed by atoms with E-state index in [4.69, 9.17) is 0 Å². The highest BCUT2D eigenvalue weighted by molar-refractivity contribution is 5.94. The Bertz CT molecular complexity index is 432. The van der Waals surface area contributed by atoms with Crippen LogP contribution in [-0.2, 0) is 10.2 Å². The molecule has 0 aromatic carbocycles. The maximum absolute atomic E-state index is 12.1. The van der Waals surface area contributed by atoms with Crippen LogP contribution >= 0.6 is 0 Å². The van der Waals surface area contributed by atoms with E-state index in [1.165, 1.54) is 0 Å². The molecule has 1 amide bonds. The fourth-order valence-corrected chi connectivity index (χ4v) is 2.16. The molecular formula is C13H22N4O. The number of hydrogen-bond donors (Lipinski definition) is 3. The summed E-state index contributed by atoms with van der Waals surface area (Å²) in [7, 11) is 0. The third-order valence-electron chi connectivity index (χ3n) is 3.45. The SMILES string of the molecule is CC1CCNC1C(=O)Nc1cc(C(C)(C)C)[nH]n1. The zero-order chi connectivity index (χ0) is 13.3. The minimum absolute atomic E-state index is 0.00644. The van der Waals surface area contributed by atoms with Gasteiger partial charge in [0.25, 0.3) is 0 Å². The Kier molecular flexibility index (Phi) is 3.43. The lowest BCUT2D eigenvalue weighted by atomic mass is 9.92. The Morgan fingerprint density at radius 1 is 1.50 bits per heavy atom. The van der Waals surface area contributed by atoms with Gasteiger partial charge in [-0.2, -0.15) is 5.10 Å². The summed E-state index contributed by atoms with van der Waals surface area (Å²) < 4.78 is 0. The molecule has 1 fully saturated rings. The van der Waals surface area contributed by atoms with Crippen molar-refractivity contribution in [1.29, 1.82) is 0 Å². The first-order valence-electron chi connectivity index (χ1n) is 6.48. The van der Waals surface area contributed by atoms with Gasteiger partial charge in [0.15, 0.2) is 5.82 Å². The van der Waals surface area contributed by atoms with Gasteiger partial charge in [-0.3, -0.25) is 9.89 Å². The summed E-state index contributed by atoms with van der Waals surface area (Å²) in [4.78, 5) is 12.1. The smallest absolute Gasteiger partial charge is 0.242 e. The molecule has 3 N–H and O–H groups in total. The monoisotopic (exact) mass is 250 g/mol. The van der Waals surface area contributed by atoms with Crippen molar-refractivity contribution in [3.05, 3.63) is 11.8 Å². The normalized spacial score (nSPS) is 24.2. The van der Waals surface area contributed by atoms with Gasteiger partial charge in [0, 0.05) is 17.2 Å². The largest absolute Gasteiger partial charge is 0.308 e. The van der Waals surface area contributed by atoms with Crippen LogP contribution in [0.5, 0.6) is 0 Å². The predicted molar refractivity (Wildman–Crippen MR) is 71.5 cm³/mol. The van der Waals surface area contributed by atoms with Gasteiger partial charge in [-0.05, 0) is 18.9 Å². The van der Waals surface area contributed by atoms with E-state index in [-0.39, 0.29) is 17.4 Å². The number of carbonyl (C=O) groups excluding carboxylic acids is 1. The Hall–Kier alpha value is -1.36. The third kappa shape index (κ3) is 2.72. The van der Waals surface area contributed by atoms with Gasteiger partial charge in [-0.1, -0.05) is 27.7 Å². The number of nitrogens with zero attached hydrogens (tertiary/aromatic N) is 1. The number of aromatic amines is 1. The summed E-state index contributed by atoms with van der Waals surface area (Å²) >= 11 is 0. The molecule has 0 radical (unpaired) electrons. The maximum atomic E-state index is 12.1. The summed E-state index contributed by atoms with van der Waals surface area (Å²) in [6.45, 7) is 9.31. The van der Waals surface area contributed by atoms with E-state index < -0.39 is 0 Å². The average molecular weight is 250 g/mol. The van der Waals surface area contributed by atoms with Crippen LogP contribution in [0.25, 0.3) is 0 Å². The van der Waals surface area contributed by atoms with Crippen molar-refractivity contribution in [2.24, 2.45) is 5.92 Å². The van der Waals surface area contributed by atoms with Gasteiger partial charge in [-0.25, -0.2) is 0 Å². The number of amides is 1. The number of hydrogen-bond acceptors (Lipinski definition) is 3. The van der Waals surface area contributed by atoms with Crippen LogP contribution in [-0.4, -0.2) is 28.7 Å². The molecule has 1 saturated heterocycles. The maximum Gasteiger partial charge on any atom is 0.242 e. The van der Waals surface area contributed by atoms with Crippen LogP contribution in [0.2, 0.25) is 0 Å². The second-order valence-electron chi connectivity index (χ2n) is 6.10. The summed E-state index contributed by atoms with van der Waals surface area (Å²) in [6.07, 6.45) is 1.05. The predicted octanol–water partition coefficient (Wildman–Crippen LogP) is 1.64. The van der Waals surface area contributed by atoms with Crippen molar-refractivity contribution in [1.82, 2.24) is 15.5 Å². The molecule has 2 rings (SSSR count). The van der Waals surface area contributed by atoms with E-state index in [0.717, 1.165) is 18.7 Å². The first kappa shape index (κ1) is 13.1. The molecule has 5 heteroatoms. The molecule has 100 valence electrons. The number of nitrogens with one attached hydrogen (secondary N) is 3. The standard InChI is InChI=1S/C13H22N4O/c1-8-5-6-14-11(8)12(18)15-10-7-9(16-17-10)13(2,3)4/h7-8,11,14H,5-6H2,1-4H3,(H2,15,16,17,18). The summed E-state index contributed by atoms with van der Waals surface area (Å²) in [5.41, 5.74) is 1.03. The van der Waals surface area contributed by atoms with Crippen LogP contribution in [0.4, 0.5) is 5.82 Å². The third-order valence-corrected chi connectivity index (χ3v) is 3.45. The molecule has 0 spiro atoms. The lowest BCUT2D eigenvalue weighted by molar-refractivity contribution is -0.118. The number of anilines is 1. The number of carbonyl (C=O) groups is 1. The molecule has 5 nitrogen and oxygen atoms in total. The summed E-state index contributed by atoms with van der Waals surface area (Å²) in [5, 5.41) is 13.2. The van der Waals surface area contributed by atoms with Gasteiger partial charge in [0.2, 0.25) is 5.91 Å². The average Bonchev–Trinajstić information content (AvgIpc) is 2.85. The van der Waals surface area contributed by atoms with Crippen LogP contribution in [0.1, 0.15) is 39.8 Å². The zero-order valence-corrected chi connectivity index (χ0v) is 11.5. The van der Waals surface area contributed by atoms with Crippen molar-refractivity contribution in [2.75, 3.05) is 11.9 Å². The Morgan fingerprint density at radius 2 is 2.22 bits per heavy atom. The fraction of sp³-hybridized carbons (Fsp3) is 0.692. The number of rotatable bonds is 2. The summed E-state index contributed by atoms with van der Waals surface area (Å²) in [6, 6.07) is 1.80. The second-order valence-corrected chi connectivity index (χ2v) is 6.10. The van der Waals surface area contributed by atoms with Crippen LogP contribution in [0.15, 0.2) is 6.07 Å². The van der Waals surface area contributed by atoms with Gasteiger partial charge in [0.05, 0.1) is 6.04 Å². The quantitative estimate of drug-likeness (QED) is 0.747. The number of aromatic nitrogens is 2. The molecular weight excluding hydrogens is 228 g/mol. The molecule has 1 aliphatic heterocycles. The molecule has 2 unspecified atom stereocenters. The molecule has 0 saturated carbocycles. The topological polar surface area (TPSA) is 69.8 Å². The van der Waals surface area contributed by atoms with Crippen molar-refractivity contribution in [3.63, 3.8) is 0 Å². The van der Waals surface area contributed by atoms with E-state index in [9.17, 15) is 4.79 Å². The minimum Gasteiger partial charge on any atom is -0.308 e. The minimum atomic E-state index is -0.0974. The molecule has 2 heterocycles. The van der Waals surface area contributed by atoms with Gasteiger partial charge < -0.3 is 10.6 Å². The Balaban J connectivity index is 2.01. The Labute approximate surface area is 108 Å². The van der Waals surface area contributed by atoms with Crippen molar-refractivity contribution in [2.45, 2.75) is 45.6 Å². The molecule has 18 heavy (non-hydrogen) atoms. The van der Waals surface area contributed by atoms with E-state index in [1.807, 2.05) is 6.07 Å². The molecule has 1 aromatic heterocycles. The van der Waals surface area contributed by atoms with Crippen molar-refractivity contribution >= 4 is 11.7 Å². The molecule has 0 bridgehead atoms. The van der Waals surface area contributed by atoms with Gasteiger partial charge >= 0.3 is 0 Å². The zero-order valence-electron chi connectivity index (χ0n) is 11.5. The van der Waals surface area contributed by atoms with Crippen molar-refractivity contribution < 1.29 is 4.79 Å². The van der Waals surface area contributed by atoms with E-state index in [1.54, 1.807) is 0 Å². The van der Waals surface area contributed by atoms with Crippen LogP contribution in [0, 0.1) is 5.92 Å². The molecule has 0 aliphatic carbocycles. The van der Waals surface area contributed by atoms with E-state index >= 15 is 0 Å². The lowest BCUT2D eigenvalue weighted by Crippen LogP contribution is -2.39. The van der Waals surface area contributed by atoms with Gasteiger partial charge in [0.1, 0.15) is 0 Å². The van der Waals surface area contributed by atoms with Gasteiger partial charge in [-0.15, -0.1) is 0 Å².